The second kappa shape index (κ2) is 9.39. The summed E-state index contributed by atoms with van der Waals surface area (Å²) in [5.41, 5.74) is 0.903. The summed E-state index contributed by atoms with van der Waals surface area (Å²) in [6, 6.07) is 5.73. The van der Waals surface area contributed by atoms with Crippen LogP contribution in [0.3, 0.4) is 0 Å². The zero-order valence-electron chi connectivity index (χ0n) is 13.4. The number of rotatable bonds is 7. The fraction of sp³-hybridized carbons (Fsp3) is 0.533. The van der Waals surface area contributed by atoms with E-state index in [4.69, 9.17) is 9.47 Å². The highest BCUT2D eigenvalue weighted by molar-refractivity contribution is 7.99. The molecule has 0 fully saturated rings. The summed E-state index contributed by atoms with van der Waals surface area (Å²) in [7, 11) is 3.39. The normalized spacial score (nSPS) is 12.7. The number of guanidine groups is 1. The third kappa shape index (κ3) is 5.75. The average molecular weight is 311 g/mol. The van der Waals surface area contributed by atoms with Gasteiger partial charge in [-0.25, -0.2) is 0 Å². The molecule has 1 atom stereocenters. The lowest BCUT2D eigenvalue weighted by Crippen LogP contribution is -2.34. The lowest BCUT2D eigenvalue weighted by molar-refractivity contribution is 0.311. The highest BCUT2D eigenvalue weighted by Crippen LogP contribution is 2.30. The molecule has 0 aliphatic carbocycles. The maximum atomic E-state index is 5.51. The summed E-state index contributed by atoms with van der Waals surface area (Å²) >= 11 is 1.82. The smallest absolute Gasteiger partial charge is 0.195 e. The molecule has 0 aliphatic rings. The van der Waals surface area contributed by atoms with Crippen LogP contribution in [0.5, 0.6) is 11.5 Å². The van der Waals surface area contributed by atoms with Crippen LogP contribution in [0.25, 0.3) is 0 Å². The van der Waals surface area contributed by atoms with Crippen molar-refractivity contribution in [1.82, 2.24) is 5.32 Å². The molecule has 0 heterocycles. The van der Waals surface area contributed by atoms with Crippen molar-refractivity contribution in [3.05, 3.63) is 18.2 Å². The molecule has 0 radical (unpaired) electrons. The van der Waals surface area contributed by atoms with Gasteiger partial charge in [0.2, 0.25) is 0 Å². The molecule has 0 spiro atoms. The van der Waals surface area contributed by atoms with Crippen molar-refractivity contribution in [1.29, 1.82) is 0 Å². The van der Waals surface area contributed by atoms with Gasteiger partial charge in [-0.3, -0.25) is 4.99 Å². The number of thioether (sulfide) groups is 1. The van der Waals surface area contributed by atoms with Crippen molar-refractivity contribution in [3.8, 4) is 11.5 Å². The fourth-order valence-corrected chi connectivity index (χ4v) is 1.91. The Balaban J connectivity index is 2.72. The first kappa shape index (κ1) is 17.5. The summed E-state index contributed by atoms with van der Waals surface area (Å²) < 4.78 is 10.8. The van der Waals surface area contributed by atoms with E-state index in [9.17, 15) is 0 Å². The van der Waals surface area contributed by atoms with E-state index in [-0.39, 0.29) is 0 Å². The first-order chi connectivity index (χ1) is 10.1. The number of hydrogen-bond donors (Lipinski definition) is 2. The van der Waals surface area contributed by atoms with Gasteiger partial charge in [0.25, 0.3) is 0 Å². The van der Waals surface area contributed by atoms with Gasteiger partial charge in [0, 0.05) is 30.6 Å². The second-order valence-electron chi connectivity index (χ2n) is 4.42. The molecule has 21 heavy (non-hydrogen) atoms. The van der Waals surface area contributed by atoms with Crippen molar-refractivity contribution < 1.29 is 9.47 Å². The molecule has 0 amide bonds. The number of aliphatic imine (C=N–C) groups is 1. The van der Waals surface area contributed by atoms with Gasteiger partial charge < -0.3 is 20.1 Å². The van der Waals surface area contributed by atoms with Crippen molar-refractivity contribution in [2.24, 2.45) is 4.99 Å². The Bertz CT molecular complexity index is 466. The predicted molar refractivity (Wildman–Crippen MR) is 92.1 cm³/mol. The zero-order valence-corrected chi connectivity index (χ0v) is 14.2. The number of ether oxygens (including phenoxy) is 2. The van der Waals surface area contributed by atoms with Crippen molar-refractivity contribution in [2.75, 3.05) is 38.9 Å². The Morgan fingerprint density at radius 3 is 2.71 bits per heavy atom. The number of anilines is 1. The van der Waals surface area contributed by atoms with Gasteiger partial charge in [-0.05, 0) is 25.3 Å². The molecule has 5 nitrogen and oxygen atoms in total. The van der Waals surface area contributed by atoms with Crippen LogP contribution in [0.2, 0.25) is 0 Å². The highest BCUT2D eigenvalue weighted by Gasteiger charge is 2.07. The summed E-state index contributed by atoms with van der Waals surface area (Å²) in [5.74, 6) is 2.18. The third-order valence-electron chi connectivity index (χ3n) is 2.91. The van der Waals surface area contributed by atoms with Gasteiger partial charge in [0.1, 0.15) is 0 Å². The van der Waals surface area contributed by atoms with Gasteiger partial charge >= 0.3 is 0 Å². The number of nitrogens with one attached hydrogen (secondary N) is 2. The van der Waals surface area contributed by atoms with Gasteiger partial charge in [0.15, 0.2) is 17.5 Å². The van der Waals surface area contributed by atoms with Crippen LogP contribution < -0.4 is 20.1 Å². The predicted octanol–water partition coefficient (Wildman–Crippen LogP) is 2.83. The first-order valence-electron chi connectivity index (χ1n) is 6.95. The summed E-state index contributed by atoms with van der Waals surface area (Å²) in [6.07, 6.45) is 2.10. The number of benzene rings is 1. The number of hydrogen-bond acceptors (Lipinski definition) is 4. The van der Waals surface area contributed by atoms with Crippen LogP contribution in [0.4, 0.5) is 5.69 Å². The van der Waals surface area contributed by atoms with E-state index >= 15 is 0 Å². The fourth-order valence-electron chi connectivity index (χ4n) is 1.66. The van der Waals surface area contributed by atoms with Gasteiger partial charge in [-0.15, -0.1) is 0 Å². The van der Waals surface area contributed by atoms with Gasteiger partial charge in [-0.1, -0.05) is 6.92 Å². The maximum absolute atomic E-state index is 5.51. The SMILES string of the molecule is CCOc1ccc(NC(=NC)NCC(C)SC)cc1OC. The first-order valence-corrected chi connectivity index (χ1v) is 8.24. The third-order valence-corrected chi connectivity index (χ3v) is 3.88. The van der Waals surface area contributed by atoms with Crippen LogP contribution >= 0.6 is 11.8 Å². The molecule has 0 aromatic heterocycles. The molecule has 0 aliphatic heterocycles. The molecule has 1 aromatic rings. The molecule has 6 heteroatoms. The van der Waals surface area contributed by atoms with Gasteiger partial charge in [-0.2, -0.15) is 11.8 Å². The van der Waals surface area contributed by atoms with Crippen LogP contribution in [0, 0.1) is 0 Å². The average Bonchev–Trinajstić information content (AvgIpc) is 2.52. The standard InChI is InChI=1S/C15H25N3O2S/c1-6-20-13-8-7-12(9-14(13)19-4)18-15(16-3)17-10-11(2)21-5/h7-9,11H,6,10H2,1-5H3,(H2,16,17,18). The minimum atomic E-state index is 0.526. The summed E-state index contributed by atoms with van der Waals surface area (Å²) in [4.78, 5) is 4.22. The molecule has 118 valence electrons. The summed E-state index contributed by atoms with van der Waals surface area (Å²) in [5, 5.41) is 7.06. The van der Waals surface area contributed by atoms with Crippen LogP contribution in [0.1, 0.15) is 13.8 Å². The largest absolute Gasteiger partial charge is 0.493 e. The molecule has 0 saturated heterocycles. The maximum Gasteiger partial charge on any atom is 0.195 e. The Morgan fingerprint density at radius 2 is 2.14 bits per heavy atom. The highest BCUT2D eigenvalue weighted by atomic mass is 32.2. The monoisotopic (exact) mass is 311 g/mol. The van der Waals surface area contributed by atoms with E-state index in [1.165, 1.54) is 0 Å². The van der Waals surface area contributed by atoms with Crippen LogP contribution in [-0.4, -0.2) is 44.8 Å². The van der Waals surface area contributed by atoms with Crippen molar-refractivity contribution in [2.45, 2.75) is 19.1 Å². The molecule has 2 N–H and O–H groups in total. The topological polar surface area (TPSA) is 54.9 Å². The van der Waals surface area contributed by atoms with E-state index in [1.54, 1.807) is 14.2 Å². The Labute approximate surface area is 131 Å². The molecular weight excluding hydrogens is 286 g/mol. The zero-order chi connectivity index (χ0) is 15.7. The van der Waals surface area contributed by atoms with Gasteiger partial charge in [0.05, 0.1) is 13.7 Å². The number of methoxy groups -OCH3 is 1. The van der Waals surface area contributed by atoms with E-state index in [0.29, 0.717) is 17.6 Å². The quantitative estimate of drug-likeness (QED) is 0.599. The molecule has 1 unspecified atom stereocenters. The van der Waals surface area contributed by atoms with Crippen LogP contribution in [0.15, 0.2) is 23.2 Å². The Hall–Kier alpha value is -1.56. The minimum Gasteiger partial charge on any atom is -0.493 e. The van der Waals surface area contributed by atoms with E-state index < -0.39 is 0 Å². The summed E-state index contributed by atoms with van der Waals surface area (Å²) in [6.45, 7) is 5.59. The minimum absolute atomic E-state index is 0.526. The van der Waals surface area contributed by atoms with Crippen LogP contribution in [-0.2, 0) is 0 Å². The lowest BCUT2D eigenvalue weighted by Gasteiger charge is -2.16. The number of nitrogens with zero attached hydrogens (tertiary/aromatic N) is 1. The molecule has 1 rings (SSSR count). The Morgan fingerprint density at radius 1 is 1.38 bits per heavy atom. The molecule has 1 aromatic carbocycles. The molecule has 0 saturated carbocycles. The lowest BCUT2D eigenvalue weighted by atomic mass is 10.2. The molecular formula is C15H25N3O2S. The Kier molecular flexibility index (Phi) is 7.82. The van der Waals surface area contributed by atoms with E-state index in [1.807, 2.05) is 36.9 Å². The van der Waals surface area contributed by atoms with E-state index in [2.05, 4.69) is 28.8 Å². The molecule has 0 bridgehead atoms. The van der Waals surface area contributed by atoms with Crippen molar-refractivity contribution in [3.63, 3.8) is 0 Å². The van der Waals surface area contributed by atoms with E-state index in [0.717, 1.165) is 23.9 Å². The second-order valence-corrected chi connectivity index (χ2v) is 5.70. The van der Waals surface area contributed by atoms with Crippen molar-refractivity contribution >= 4 is 23.4 Å².